The fraction of sp³-hybridized carbons (Fsp3) is 0.143. The summed E-state index contributed by atoms with van der Waals surface area (Å²) in [7, 11) is 0. The third-order valence-electron chi connectivity index (χ3n) is 2.47. The van der Waals surface area contributed by atoms with Crippen molar-refractivity contribution >= 4 is 5.78 Å². The molecule has 19 heavy (non-hydrogen) atoms. The summed E-state index contributed by atoms with van der Waals surface area (Å²) in [6.45, 7) is -2.95. The monoisotopic (exact) mass is 263 g/mol. The van der Waals surface area contributed by atoms with Crippen LogP contribution in [0.2, 0.25) is 0 Å². The summed E-state index contributed by atoms with van der Waals surface area (Å²) >= 11 is 0. The van der Waals surface area contributed by atoms with E-state index in [1.807, 2.05) is 0 Å². The van der Waals surface area contributed by atoms with Crippen molar-refractivity contribution in [1.82, 2.24) is 4.98 Å². The number of alkyl halides is 2. The molecular weight excluding hydrogens is 252 g/mol. The number of Topliss-reactive ketones (excluding diaryl/α,β-unsaturated/α-hetero) is 1. The van der Waals surface area contributed by atoms with Crippen LogP contribution in [0.15, 0.2) is 48.7 Å². The van der Waals surface area contributed by atoms with Gasteiger partial charge in [0.05, 0.1) is 12.0 Å². The van der Waals surface area contributed by atoms with Gasteiger partial charge in [0.1, 0.15) is 5.75 Å². The molecule has 0 bridgehead atoms. The van der Waals surface area contributed by atoms with Crippen LogP contribution in [0.4, 0.5) is 8.78 Å². The molecule has 0 spiro atoms. The van der Waals surface area contributed by atoms with Crippen molar-refractivity contribution in [3.63, 3.8) is 0 Å². The number of rotatable bonds is 5. The van der Waals surface area contributed by atoms with Crippen molar-refractivity contribution in [1.29, 1.82) is 0 Å². The lowest BCUT2D eigenvalue weighted by Gasteiger charge is -2.09. The summed E-state index contributed by atoms with van der Waals surface area (Å²) in [5, 5.41) is 0. The van der Waals surface area contributed by atoms with Crippen LogP contribution in [0.1, 0.15) is 16.1 Å². The van der Waals surface area contributed by atoms with Crippen LogP contribution < -0.4 is 4.74 Å². The van der Waals surface area contributed by atoms with Crippen molar-refractivity contribution in [2.24, 2.45) is 0 Å². The van der Waals surface area contributed by atoms with Gasteiger partial charge < -0.3 is 4.74 Å². The maximum Gasteiger partial charge on any atom is 0.387 e. The van der Waals surface area contributed by atoms with Crippen LogP contribution in [-0.4, -0.2) is 17.4 Å². The second-order valence-electron chi connectivity index (χ2n) is 3.80. The first-order chi connectivity index (χ1) is 9.16. The number of nitrogens with zero attached hydrogens (tertiary/aromatic N) is 1. The summed E-state index contributed by atoms with van der Waals surface area (Å²) in [5.74, 6) is -0.423. The first-order valence-electron chi connectivity index (χ1n) is 5.64. The molecule has 1 heterocycles. The summed E-state index contributed by atoms with van der Waals surface area (Å²) in [6.07, 6.45) is 1.62. The van der Waals surface area contributed by atoms with Gasteiger partial charge in [-0.1, -0.05) is 18.2 Å². The Balaban J connectivity index is 2.19. The van der Waals surface area contributed by atoms with Crippen LogP contribution >= 0.6 is 0 Å². The molecule has 2 rings (SSSR count). The molecule has 5 heteroatoms. The molecule has 0 atom stereocenters. The van der Waals surface area contributed by atoms with Crippen molar-refractivity contribution < 1.29 is 18.3 Å². The van der Waals surface area contributed by atoms with Crippen molar-refractivity contribution in [2.75, 3.05) is 0 Å². The van der Waals surface area contributed by atoms with E-state index in [-0.39, 0.29) is 23.5 Å². The number of hydrogen-bond donors (Lipinski definition) is 0. The quantitative estimate of drug-likeness (QED) is 0.778. The lowest BCUT2D eigenvalue weighted by Crippen LogP contribution is -2.10. The van der Waals surface area contributed by atoms with Crippen LogP contribution in [0, 0.1) is 0 Å². The van der Waals surface area contributed by atoms with Crippen LogP contribution in [0.3, 0.4) is 0 Å². The van der Waals surface area contributed by atoms with Gasteiger partial charge in [0.2, 0.25) is 0 Å². The van der Waals surface area contributed by atoms with Crippen LogP contribution in [0.25, 0.3) is 0 Å². The number of aromatic nitrogens is 1. The molecular formula is C14H11F2NO2. The van der Waals surface area contributed by atoms with Gasteiger partial charge in [-0.2, -0.15) is 8.78 Å². The highest BCUT2D eigenvalue weighted by Gasteiger charge is 2.15. The Kier molecular flexibility index (Phi) is 4.18. The maximum atomic E-state index is 12.2. The average molecular weight is 263 g/mol. The Labute approximate surface area is 108 Å². The standard InChI is InChI=1S/C14H11F2NO2/c15-14(16)19-13-7-2-1-6-11(13)12(18)9-10-5-3-4-8-17-10/h1-8,14H,9H2. The van der Waals surface area contributed by atoms with Crippen molar-refractivity contribution in [2.45, 2.75) is 13.0 Å². The number of halogens is 2. The number of para-hydroxylation sites is 1. The number of pyridine rings is 1. The van der Waals surface area contributed by atoms with Gasteiger partial charge >= 0.3 is 6.61 Å². The number of ether oxygens (including phenoxy) is 1. The highest BCUT2D eigenvalue weighted by Crippen LogP contribution is 2.21. The van der Waals surface area contributed by atoms with Crippen LogP contribution in [0.5, 0.6) is 5.75 Å². The van der Waals surface area contributed by atoms with E-state index in [4.69, 9.17) is 0 Å². The average Bonchev–Trinajstić information content (AvgIpc) is 2.39. The fourth-order valence-corrected chi connectivity index (χ4v) is 1.66. The van der Waals surface area contributed by atoms with Gasteiger partial charge in [-0.3, -0.25) is 9.78 Å². The number of benzene rings is 1. The highest BCUT2D eigenvalue weighted by molar-refractivity contribution is 5.99. The third-order valence-corrected chi connectivity index (χ3v) is 2.47. The van der Waals surface area contributed by atoms with E-state index in [0.717, 1.165) is 0 Å². The molecule has 1 aromatic heterocycles. The molecule has 0 saturated carbocycles. The molecule has 0 radical (unpaired) electrons. The predicted octanol–water partition coefficient (Wildman–Crippen LogP) is 3.11. The van der Waals surface area contributed by atoms with E-state index in [9.17, 15) is 13.6 Å². The topological polar surface area (TPSA) is 39.2 Å². The van der Waals surface area contributed by atoms with Crippen molar-refractivity contribution in [3.05, 3.63) is 59.9 Å². The van der Waals surface area contributed by atoms with E-state index in [0.29, 0.717) is 5.69 Å². The predicted molar refractivity (Wildman–Crippen MR) is 65.3 cm³/mol. The zero-order valence-corrected chi connectivity index (χ0v) is 9.92. The fourth-order valence-electron chi connectivity index (χ4n) is 1.66. The van der Waals surface area contributed by atoms with Gasteiger partial charge in [0, 0.05) is 11.9 Å². The Morgan fingerprint density at radius 2 is 1.89 bits per heavy atom. The molecule has 0 N–H and O–H groups in total. The lowest BCUT2D eigenvalue weighted by molar-refractivity contribution is -0.0501. The Morgan fingerprint density at radius 1 is 1.16 bits per heavy atom. The molecule has 0 aliphatic heterocycles. The molecule has 3 nitrogen and oxygen atoms in total. The number of carbonyl (C=O) groups excluding carboxylic acids is 1. The van der Waals surface area contributed by atoms with E-state index >= 15 is 0 Å². The molecule has 2 aromatic rings. The van der Waals surface area contributed by atoms with Gasteiger partial charge in [-0.05, 0) is 24.3 Å². The first-order valence-corrected chi connectivity index (χ1v) is 5.64. The van der Waals surface area contributed by atoms with E-state index in [1.165, 1.54) is 18.2 Å². The number of hydrogen-bond acceptors (Lipinski definition) is 3. The van der Waals surface area contributed by atoms with Crippen molar-refractivity contribution in [3.8, 4) is 5.75 Å². The second kappa shape index (κ2) is 6.04. The maximum absolute atomic E-state index is 12.2. The zero-order chi connectivity index (χ0) is 13.7. The first kappa shape index (κ1) is 13.1. The molecule has 0 amide bonds. The lowest BCUT2D eigenvalue weighted by atomic mass is 10.1. The molecule has 0 aliphatic rings. The molecule has 0 fully saturated rings. The minimum absolute atomic E-state index is 0.0461. The molecule has 0 saturated heterocycles. The number of ketones is 1. The van der Waals surface area contributed by atoms with Gasteiger partial charge in [-0.25, -0.2) is 0 Å². The number of carbonyl (C=O) groups is 1. The SMILES string of the molecule is O=C(Cc1ccccn1)c1ccccc1OC(F)F. The van der Waals surface area contributed by atoms with Crippen LogP contribution in [-0.2, 0) is 6.42 Å². The second-order valence-corrected chi connectivity index (χ2v) is 3.80. The highest BCUT2D eigenvalue weighted by atomic mass is 19.3. The van der Waals surface area contributed by atoms with E-state index in [1.54, 1.807) is 30.5 Å². The summed E-state index contributed by atoms with van der Waals surface area (Å²) in [4.78, 5) is 16.1. The largest absolute Gasteiger partial charge is 0.434 e. The summed E-state index contributed by atoms with van der Waals surface area (Å²) in [6, 6.07) is 11.1. The summed E-state index contributed by atoms with van der Waals surface area (Å²) < 4.78 is 28.8. The van der Waals surface area contributed by atoms with Gasteiger partial charge in [0.15, 0.2) is 5.78 Å². The minimum Gasteiger partial charge on any atom is -0.434 e. The van der Waals surface area contributed by atoms with E-state index < -0.39 is 6.61 Å². The van der Waals surface area contributed by atoms with Gasteiger partial charge in [-0.15, -0.1) is 0 Å². The Hall–Kier alpha value is -2.30. The van der Waals surface area contributed by atoms with E-state index in [2.05, 4.69) is 9.72 Å². The molecule has 0 unspecified atom stereocenters. The normalized spacial score (nSPS) is 10.5. The molecule has 98 valence electrons. The third kappa shape index (κ3) is 3.58. The molecule has 0 aliphatic carbocycles. The smallest absolute Gasteiger partial charge is 0.387 e. The minimum atomic E-state index is -2.95. The zero-order valence-electron chi connectivity index (χ0n) is 9.92. The van der Waals surface area contributed by atoms with Gasteiger partial charge in [0.25, 0.3) is 0 Å². The molecule has 1 aromatic carbocycles. The Morgan fingerprint density at radius 3 is 2.58 bits per heavy atom. The summed E-state index contributed by atoms with van der Waals surface area (Å²) in [5.41, 5.74) is 0.716. The Bertz CT molecular complexity index is 558.